The molecule has 0 saturated carbocycles. The maximum atomic E-state index is 11.6. The van der Waals surface area contributed by atoms with Crippen LogP contribution in [0.15, 0.2) is 10.7 Å². The Labute approximate surface area is 95.6 Å². The number of hydrogen-bond acceptors (Lipinski definition) is 3. The fraction of sp³-hybridized carbons (Fsp3) is 0.400. The molecule has 0 aliphatic heterocycles. The van der Waals surface area contributed by atoms with Crippen molar-refractivity contribution in [2.24, 2.45) is 0 Å². The number of aromatic nitrogens is 1. The first-order valence-corrected chi connectivity index (χ1v) is 5.46. The third-order valence-corrected chi connectivity index (χ3v) is 3.17. The van der Waals surface area contributed by atoms with Crippen molar-refractivity contribution in [2.75, 3.05) is 7.11 Å². The van der Waals surface area contributed by atoms with E-state index in [2.05, 4.69) is 20.7 Å². The van der Waals surface area contributed by atoms with Gasteiger partial charge < -0.3 is 9.94 Å². The molecule has 4 nitrogen and oxygen atoms in total. The van der Waals surface area contributed by atoms with Gasteiger partial charge in [-0.15, -0.1) is 0 Å². The van der Waals surface area contributed by atoms with Crippen molar-refractivity contribution in [3.63, 3.8) is 0 Å². The van der Waals surface area contributed by atoms with Gasteiger partial charge in [0.25, 0.3) is 4.60 Å². The normalized spacial score (nSPS) is 13.7. The predicted molar refractivity (Wildman–Crippen MR) is 56.5 cm³/mol. The molecule has 0 amide bonds. The van der Waals surface area contributed by atoms with Crippen LogP contribution < -0.4 is 4.73 Å². The number of rotatable bonds is 1. The Balaban J connectivity index is 2.62. The Morgan fingerprint density at radius 2 is 2.33 bits per heavy atom. The number of fused-ring (bicyclic) bond motifs is 1. The van der Waals surface area contributed by atoms with E-state index in [4.69, 9.17) is 0 Å². The van der Waals surface area contributed by atoms with Crippen molar-refractivity contribution in [1.82, 2.24) is 0 Å². The monoisotopic (exact) mass is 271 g/mol. The van der Waals surface area contributed by atoms with E-state index in [1.165, 1.54) is 13.2 Å². The van der Waals surface area contributed by atoms with E-state index in [1.807, 2.05) is 0 Å². The fourth-order valence-electron chi connectivity index (χ4n) is 1.93. The van der Waals surface area contributed by atoms with Crippen LogP contribution >= 0.6 is 15.9 Å². The number of pyridine rings is 1. The molecule has 1 aliphatic rings. The molecule has 0 saturated heterocycles. The molecule has 0 fully saturated rings. The molecule has 1 aromatic rings. The van der Waals surface area contributed by atoms with Gasteiger partial charge in [-0.2, -0.15) is 4.73 Å². The van der Waals surface area contributed by atoms with Crippen molar-refractivity contribution in [2.45, 2.75) is 19.3 Å². The lowest BCUT2D eigenvalue weighted by Gasteiger charge is -2.08. The summed E-state index contributed by atoms with van der Waals surface area (Å²) in [5.41, 5.74) is 2.02. The molecule has 0 spiro atoms. The topological polar surface area (TPSA) is 53.2 Å². The van der Waals surface area contributed by atoms with Gasteiger partial charge in [0.05, 0.1) is 12.7 Å². The Hall–Kier alpha value is -1.10. The highest BCUT2D eigenvalue weighted by Gasteiger charge is 2.28. The maximum Gasteiger partial charge on any atom is 0.338 e. The second-order valence-corrected chi connectivity index (χ2v) is 4.26. The quantitative estimate of drug-likeness (QED) is 0.335. The number of methoxy groups -OCH3 is 1. The summed E-state index contributed by atoms with van der Waals surface area (Å²) < 4.78 is 5.89. The second-order valence-electron chi connectivity index (χ2n) is 3.45. The summed E-state index contributed by atoms with van der Waals surface area (Å²) in [6.45, 7) is 0. The highest BCUT2D eigenvalue weighted by molar-refractivity contribution is 9.10. The molecule has 1 heterocycles. The molecule has 0 aromatic carbocycles. The average Bonchev–Trinajstić information content (AvgIpc) is 2.71. The number of carbonyl (C=O) groups is 1. The number of halogens is 1. The Morgan fingerprint density at radius 3 is 3.00 bits per heavy atom. The van der Waals surface area contributed by atoms with Gasteiger partial charge in [0.2, 0.25) is 0 Å². The summed E-state index contributed by atoms with van der Waals surface area (Å²) in [7, 11) is 1.34. The zero-order valence-corrected chi connectivity index (χ0v) is 9.83. The summed E-state index contributed by atoms with van der Waals surface area (Å²) in [6.07, 6.45) is 2.41. The molecule has 15 heavy (non-hydrogen) atoms. The molecule has 0 radical (unpaired) electrons. The molecule has 2 rings (SSSR count). The van der Waals surface area contributed by atoms with Crippen molar-refractivity contribution in [3.8, 4) is 0 Å². The van der Waals surface area contributed by atoms with Gasteiger partial charge in [0.15, 0.2) is 5.69 Å². The molecular weight excluding hydrogens is 262 g/mol. The van der Waals surface area contributed by atoms with E-state index in [0.717, 1.165) is 29.6 Å². The SMILES string of the molecule is COC(=O)c1cc(Br)[n+]([O-])c2c1CCC2. The highest BCUT2D eigenvalue weighted by atomic mass is 79.9. The van der Waals surface area contributed by atoms with Crippen molar-refractivity contribution in [1.29, 1.82) is 0 Å². The van der Waals surface area contributed by atoms with Crippen LogP contribution in [0, 0.1) is 5.21 Å². The zero-order chi connectivity index (χ0) is 11.0. The van der Waals surface area contributed by atoms with Gasteiger partial charge >= 0.3 is 5.97 Å². The van der Waals surface area contributed by atoms with Gasteiger partial charge in [-0.25, -0.2) is 4.79 Å². The molecule has 0 unspecified atom stereocenters. The smallest absolute Gasteiger partial charge is 0.338 e. The van der Waals surface area contributed by atoms with Crippen LogP contribution in [-0.2, 0) is 17.6 Å². The van der Waals surface area contributed by atoms with Crippen LogP contribution in [-0.4, -0.2) is 13.1 Å². The standard InChI is InChI=1S/C10H10BrNO3/c1-15-10(13)7-5-9(11)12(14)8-4-2-3-6(7)8/h5H,2-4H2,1H3. The highest BCUT2D eigenvalue weighted by Crippen LogP contribution is 2.25. The summed E-state index contributed by atoms with van der Waals surface area (Å²) in [5, 5.41) is 11.6. The van der Waals surface area contributed by atoms with E-state index in [9.17, 15) is 10.0 Å². The van der Waals surface area contributed by atoms with Crippen molar-refractivity contribution >= 4 is 21.9 Å². The van der Waals surface area contributed by atoms with Crippen LogP contribution in [0.5, 0.6) is 0 Å². The third-order valence-electron chi connectivity index (χ3n) is 2.62. The minimum Gasteiger partial charge on any atom is -0.618 e. The van der Waals surface area contributed by atoms with Crippen LogP contribution in [0.3, 0.4) is 0 Å². The van der Waals surface area contributed by atoms with Crippen molar-refractivity contribution < 1.29 is 14.3 Å². The molecule has 80 valence electrons. The number of carbonyl (C=O) groups excluding carboxylic acids is 1. The number of nitrogens with zero attached hydrogens (tertiary/aromatic N) is 1. The first-order chi connectivity index (χ1) is 7.15. The summed E-state index contributed by atoms with van der Waals surface area (Å²) in [6, 6.07) is 1.53. The Morgan fingerprint density at radius 1 is 1.60 bits per heavy atom. The van der Waals surface area contributed by atoms with Gasteiger partial charge in [-0.1, -0.05) is 0 Å². The average molecular weight is 272 g/mol. The number of hydrogen-bond donors (Lipinski definition) is 0. The summed E-state index contributed by atoms with van der Waals surface area (Å²) in [5.74, 6) is -0.380. The number of ether oxygens (including phenoxy) is 1. The molecule has 1 aromatic heterocycles. The van der Waals surface area contributed by atoms with E-state index >= 15 is 0 Å². The van der Waals surface area contributed by atoms with Gasteiger partial charge in [-0.05, 0) is 12.8 Å². The van der Waals surface area contributed by atoms with E-state index in [-0.39, 0.29) is 5.97 Å². The van der Waals surface area contributed by atoms with Crippen LogP contribution in [0.4, 0.5) is 0 Å². The lowest BCUT2D eigenvalue weighted by atomic mass is 10.1. The summed E-state index contributed by atoms with van der Waals surface area (Å²) in [4.78, 5) is 11.5. The zero-order valence-electron chi connectivity index (χ0n) is 8.25. The van der Waals surface area contributed by atoms with E-state index < -0.39 is 0 Å². The van der Waals surface area contributed by atoms with Gasteiger partial charge in [-0.3, -0.25) is 0 Å². The fourth-order valence-corrected chi connectivity index (χ4v) is 2.37. The van der Waals surface area contributed by atoms with Gasteiger partial charge in [0.1, 0.15) is 0 Å². The van der Waals surface area contributed by atoms with Crippen LogP contribution in [0.1, 0.15) is 28.0 Å². The van der Waals surface area contributed by atoms with Gasteiger partial charge in [0, 0.05) is 34.0 Å². The third kappa shape index (κ3) is 1.61. The molecule has 5 heteroatoms. The predicted octanol–water partition coefficient (Wildman–Crippen LogP) is 1.36. The largest absolute Gasteiger partial charge is 0.618 e. The molecular formula is C10H10BrNO3. The first kappa shape index (κ1) is 10.4. The lowest BCUT2D eigenvalue weighted by Crippen LogP contribution is -2.34. The van der Waals surface area contributed by atoms with E-state index in [1.54, 1.807) is 0 Å². The molecule has 0 N–H and O–H groups in total. The van der Waals surface area contributed by atoms with Crippen LogP contribution in [0.25, 0.3) is 0 Å². The van der Waals surface area contributed by atoms with Crippen molar-refractivity contribution in [3.05, 3.63) is 32.7 Å². The summed E-state index contributed by atoms with van der Waals surface area (Å²) >= 11 is 3.14. The minimum absolute atomic E-state index is 0.364. The van der Waals surface area contributed by atoms with E-state index in [0.29, 0.717) is 15.9 Å². The Bertz CT molecular complexity index is 431. The Kier molecular flexibility index (Phi) is 2.65. The molecule has 0 bridgehead atoms. The maximum absolute atomic E-state index is 11.6. The van der Waals surface area contributed by atoms with Crippen LogP contribution in [0.2, 0.25) is 0 Å². The number of esters is 1. The molecule has 0 atom stereocenters. The lowest BCUT2D eigenvalue weighted by molar-refractivity contribution is -0.625. The molecule has 1 aliphatic carbocycles. The minimum atomic E-state index is -0.380. The second kappa shape index (κ2) is 3.81. The first-order valence-electron chi connectivity index (χ1n) is 4.67.